The molecular weight excluding hydrogens is 242 g/mol. The van der Waals surface area contributed by atoms with Crippen LogP contribution in [0.5, 0.6) is 0 Å². The topological polar surface area (TPSA) is 39.7 Å². The molecule has 0 spiro atoms. The SMILES string of the molecule is CC(C)CNCC1CCC(COCC2CCCO2)O1. The van der Waals surface area contributed by atoms with Gasteiger partial charge in [0.2, 0.25) is 0 Å². The van der Waals surface area contributed by atoms with E-state index in [1.54, 1.807) is 0 Å². The molecule has 2 fully saturated rings. The molecule has 0 bridgehead atoms. The second-order valence-corrected chi connectivity index (χ2v) is 6.18. The van der Waals surface area contributed by atoms with Crippen molar-refractivity contribution >= 4 is 0 Å². The average Bonchev–Trinajstić information content (AvgIpc) is 3.00. The van der Waals surface area contributed by atoms with Crippen LogP contribution in [0.2, 0.25) is 0 Å². The summed E-state index contributed by atoms with van der Waals surface area (Å²) in [7, 11) is 0. The highest BCUT2D eigenvalue weighted by Gasteiger charge is 2.25. The molecule has 1 N–H and O–H groups in total. The lowest BCUT2D eigenvalue weighted by atomic mass is 10.2. The predicted molar refractivity (Wildman–Crippen MR) is 75.4 cm³/mol. The average molecular weight is 271 g/mol. The molecule has 112 valence electrons. The van der Waals surface area contributed by atoms with Gasteiger partial charge in [-0.05, 0) is 38.1 Å². The minimum Gasteiger partial charge on any atom is -0.376 e. The number of hydrogen-bond donors (Lipinski definition) is 1. The van der Waals surface area contributed by atoms with Gasteiger partial charge in [0.1, 0.15) is 0 Å². The molecule has 4 nitrogen and oxygen atoms in total. The predicted octanol–water partition coefficient (Wildman–Crippen LogP) is 1.98. The highest BCUT2D eigenvalue weighted by molar-refractivity contribution is 4.75. The quantitative estimate of drug-likeness (QED) is 0.733. The Balaban J connectivity index is 1.49. The first-order valence-electron chi connectivity index (χ1n) is 7.79. The fourth-order valence-electron chi connectivity index (χ4n) is 2.69. The molecule has 0 aliphatic carbocycles. The van der Waals surface area contributed by atoms with E-state index in [4.69, 9.17) is 14.2 Å². The summed E-state index contributed by atoms with van der Waals surface area (Å²) in [6.07, 6.45) is 5.58. The summed E-state index contributed by atoms with van der Waals surface area (Å²) in [5, 5.41) is 3.46. The molecule has 0 aromatic heterocycles. The fourth-order valence-corrected chi connectivity index (χ4v) is 2.69. The van der Waals surface area contributed by atoms with Gasteiger partial charge in [0, 0.05) is 13.2 Å². The molecule has 2 rings (SSSR count). The Bertz CT molecular complexity index is 242. The van der Waals surface area contributed by atoms with E-state index in [0.29, 0.717) is 18.1 Å². The van der Waals surface area contributed by atoms with Crippen molar-refractivity contribution in [3.8, 4) is 0 Å². The minimum atomic E-state index is 0.284. The van der Waals surface area contributed by atoms with E-state index in [9.17, 15) is 0 Å². The molecule has 0 amide bonds. The standard InChI is InChI=1S/C15H29NO3/c1-12(2)8-16-9-13-5-6-15(19-13)11-17-10-14-4-3-7-18-14/h12-16H,3-11H2,1-2H3. The smallest absolute Gasteiger partial charge is 0.0813 e. The van der Waals surface area contributed by atoms with Gasteiger partial charge in [-0.3, -0.25) is 0 Å². The number of nitrogens with one attached hydrogen (secondary N) is 1. The summed E-state index contributed by atoms with van der Waals surface area (Å²) in [6.45, 7) is 8.85. The van der Waals surface area contributed by atoms with Gasteiger partial charge in [-0.15, -0.1) is 0 Å². The molecule has 0 saturated carbocycles. The van der Waals surface area contributed by atoms with Crippen molar-refractivity contribution in [1.82, 2.24) is 5.32 Å². The van der Waals surface area contributed by atoms with Gasteiger partial charge in [0.15, 0.2) is 0 Å². The molecule has 2 saturated heterocycles. The first-order valence-corrected chi connectivity index (χ1v) is 7.79. The van der Waals surface area contributed by atoms with Crippen LogP contribution in [0.25, 0.3) is 0 Å². The van der Waals surface area contributed by atoms with Crippen LogP contribution in [-0.4, -0.2) is 51.2 Å². The van der Waals surface area contributed by atoms with Crippen LogP contribution in [0.4, 0.5) is 0 Å². The lowest BCUT2D eigenvalue weighted by Gasteiger charge is -2.16. The molecule has 0 aromatic rings. The Hall–Kier alpha value is -0.160. The third-order valence-electron chi connectivity index (χ3n) is 3.75. The highest BCUT2D eigenvalue weighted by Crippen LogP contribution is 2.20. The van der Waals surface area contributed by atoms with Crippen molar-refractivity contribution in [3.05, 3.63) is 0 Å². The molecule has 4 heteroatoms. The van der Waals surface area contributed by atoms with Gasteiger partial charge in [-0.1, -0.05) is 13.8 Å². The summed E-state index contributed by atoms with van der Waals surface area (Å²) >= 11 is 0. The lowest BCUT2D eigenvalue weighted by Crippen LogP contribution is -2.30. The summed E-state index contributed by atoms with van der Waals surface area (Å²) in [5.41, 5.74) is 0. The zero-order chi connectivity index (χ0) is 13.5. The lowest BCUT2D eigenvalue weighted by molar-refractivity contribution is -0.0407. The van der Waals surface area contributed by atoms with E-state index in [1.807, 2.05) is 0 Å². The van der Waals surface area contributed by atoms with Gasteiger partial charge in [0.05, 0.1) is 31.5 Å². The van der Waals surface area contributed by atoms with E-state index in [-0.39, 0.29) is 6.10 Å². The van der Waals surface area contributed by atoms with Crippen LogP contribution in [0, 0.1) is 5.92 Å². The fraction of sp³-hybridized carbons (Fsp3) is 1.00. The van der Waals surface area contributed by atoms with Crippen LogP contribution < -0.4 is 5.32 Å². The van der Waals surface area contributed by atoms with Crippen molar-refractivity contribution in [2.75, 3.05) is 32.9 Å². The summed E-state index contributed by atoms with van der Waals surface area (Å²) < 4.78 is 17.2. The Labute approximate surface area is 117 Å². The van der Waals surface area contributed by atoms with Crippen molar-refractivity contribution in [3.63, 3.8) is 0 Å². The molecule has 3 atom stereocenters. The largest absolute Gasteiger partial charge is 0.376 e. The second kappa shape index (κ2) is 8.20. The molecule has 0 aromatic carbocycles. The molecule has 2 aliphatic rings. The van der Waals surface area contributed by atoms with Gasteiger partial charge >= 0.3 is 0 Å². The van der Waals surface area contributed by atoms with E-state index >= 15 is 0 Å². The van der Waals surface area contributed by atoms with Crippen molar-refractivity contribution in [1.29, 1.82) is 0 Å². The molecule has 3 unspecified atom stereocenters. The maximum absolute atomic E-state index is 5.98. The zero-order valence-electron chi connectivity index (χ0n) is 12.4. The van der Waals surface area contributed by atoms with E-state index < -0.39 is 0 Å². The molecular formula is C15H29NO3. The van der Waals surface area contributed by atoms with Crippen molar-refractivity contribution < 1.29 is 14.2 Å². The third-order valence-corrected chi connectivity index (χ3v) is 3.75. The Morgan fingerprint density at radius 1 is 1.11 bits per heavy atom. The minimum absolute atomic E-state index is 0.284. The molecule has 2 aliphatic heterocycles. The monoisotopic (exact) mass is 271 g/mol. The zero-order valence-corrected chi connectivity index (χ0v) is 12.4. The number of rotatable bonds is 8. The molecule has 2 heterocycles. The summed E-state index contributed by atoms with van der Waals surface area (Å²) in [5.74, 6) is 0.701. The Morgan fingerprint density at radius 3 is 2.63 bits per heavy atom. The van der Waals surface area contributed by atoms with Crippen LogP contribution >= 0.6 is 0 Å². The Kier molecular flexibility index (Phi) is 6.57. The first-order chi connectivity index (χ1) is 9.24. The number of ether oxygens (including phenoxy) is 3. The summed E-state index contributed by atoms with van der Waals surface area (Å²) in [6, 6.07) is 0. The highest BCUT2D eigenvalue weighted by atomic mass is 16.6. The number of hydrogen-bond acceptors (Lipinski definition) is 4. The van der Waals surface area contributed by atoms with Crippen LogP contribution in [-0.2, 0) is 14.2 Å². The maximum Gasteiger partial charge on any atom is 0.0813 e. The van der Waals surface area contributed by atoms with E-state index in [1.165, 1.54) is 6.42 Å². The van der Waals surface area contributed by atoms with Gasteiger partial charge in [0.25, 0.3) is 0 Å². The normalized spacial score (nSPS) is 31.4. The van der Waals surface area contributed by atoms with Crippen LogP contribution in [0.3, 0.4) is 0 Å². The Morgan fingerprint density at radius 2 is 1.89 bits per heavy atom. The van der Waals surface area contributed by atoms with Gasteiger partial charge < -0.3 is 19.5 Å². The van der Waals surface area contributed by atoms with Gasteiger partial charge in [-0.25, -0.2) is 0 Å². The molecule has 19 heavy (non-hydrogen) atoms. The van der Waals surface area contributed by atoms with Crippen LogP contribution in [0.1, 0.15) is 39.5 Å². The van der Waals surface area contributed by atoms with Gasteiger partial charge in [-0.2, -0.15) is 0 Å². The van der Waals surface area contributed by atoms with Crippen molar-refractivity contribution in [2.24, 2.45) is 5.92 Å². The van der Waals surface area contributed by atoms with Crippen LogP contribution in [0.15, 0.2) is 0 Å². The molecule has 0 radical (unpaired) electrons. The second-order valence-electron chi connectivity index (χ2n) is 6.18. The maximum atomic E-state index is 5.98. The van der Waals surface area contributed by atoms with E-state index in [0.717, 1.165) is 52.2 Å². The summed E-state index contributed by atoms with van der Waals surface area (Å²) in [4.78, 5) is 0. The van der Waals surface area contributed by atoms with E-state index in [2.05, 4.69) is 19.2 Å². The third kappa shape index (κ3) is 5.78. The first kappa shape index (κ1) is 15.2. The van der Waals surface area contributed by atoms with Crippen molar-refractivity contribution in [2.45, 2.75) is 57.8 Å².